The Kier molecular flexibility index (Phi) is 4.72. The zero-order valence-electron chi connectivity index (χ0n) is 14.1. The van der Waals surface area contributed by atoms with Crippen LogP contribution in [-0.2, 0) is 10.3 Å². The van der Waals surface area contributed by atoms with Gasteiger partial charge in [0.15, 0.2) is 0 Å². The highest BCUT2D eigenvalue weighted by Crippen LogP contribution is 2.52. The fraction of sp³-hybridized carbons (Fsp3) is 0.700. The SMILES string of the molecule is CCO[C@]1(c2cccc(I)c2)[C@@H]2CCC[C@H]1CN(CC1CC1)C2. The lowest BCUT2D eigenvalue weighted by Gasteiger charge is -2.56. The summed E-state index contributed by atoms with van der Waals surface area (Å²) in [6, 6.07) is 9.10. The number of hydrogen-bond acceptors (Lipinski definition) is 2. The summed E-state index contributed by atoms with van der Waals surface area (Å²) in [5, 5.41) is 0. The summed E-state index contributed by atoms with van der Waals surface area (Å²) in [4.78, 5) is 2.76. The van der Waals surface area contributed by atoms with Crippen molar-refractivity contribution in [3.8, 4) is 0 Å². The first-order valence-electron chi connectivity index (χ1n) is 9.34. The van der Waals surface area contributed by atoms with Gasteiger partial charge in [0.2, 0.25) is 0 Å². The molecule has 0 radical (unpaired) electrons. The molecular formula is C20H28INO. The minimum atomic E-state index is -0.0335. The third-order valence-corrected chi connectivity index (χ3v) is 6.82. The monoisotopic (exact) mass is 425 g/mol. The fourth-order valence-electron chi connectivity index (χ4n) is 5.10. The third-order valence-electron chi connectivity index (χ3n) is 6.15. The van der Waals surface area contributed by atoms with E-state index in [0.29, 0.717) is 11.8 Å². The van der Waals surface area contributed by atoms with Gasteiger partial charge in [0.05, 0.1) is 0 Å². The van der Waals surface area contributed by atoms with Crippen LogP contribution >= 0.6 is 22.6 Å². The van der Waals surface area contributed by atoms with Crippen molar-refractivity contribution in [2.45, 2.75) is 44.6 Å². The summed E-state index contributed by atoms with van der Waals surface area (Å²) in [5.74, 6) is 2.31. The van der Waals surface area contributed by atoms with Crippen LogP contribution in [0.3, 0.4) is 0 Å². The van der Waals surface area contributed by atoms with Crippen molar-refractivity contribution in [1.82, 2.24) is 4.90 Å². The van der Waals surface area contributed by atoms with E-state index in [9.17, 15) is 0 Å². The summed E-state index contributed by atoms with van der Waals surface area (Å²) in [5.41, 5.74) is 1.40. The molecule has 0 amide bonds. The summed E-state index contributed by atoms with van der Waals surface area (Å²) < 4.78 is 7.95. The number of likely N-dealkylation sites (tertiary alicyclic amines) is 1. The zero-order chi connectivity index (χ0) is 15.9. The van der Waals surface area contributed by atoms with Gasteiger partial charge in [0.25, 0.3) is 0 Å². The third kappa shape index (κ3) is 3.09. The molecule has 3 aliphatic rings. The predicted molar refractivity (Wildman–Crippen MR) is 102 cm³/mol. The average molecular weight is 425 g/mol. The van der Waals surface area contributed by atoms with Crippen LogP contribution in [0.1, 0.15) is 44.6 Å². The molecule has 1 aliphatic heterocycles. The van der Waals surface area contributed by atoms with Gasteiger partial charge in [-0.25, -0.2) is 0 Å². The Morgan fingerprint density at radius 1 is 1.17 bits per heavy atom. The van der Waals surface area contributed by atoms with Gasteiger partial charge in [-0.15, -0.1) is 0 Å². The number of rotatable bonds is 5. The van der Waals surface area contributed by atoms with E-state index in [1.807, 2.05) is 0 Å². The molecule has 4 rings (SSSR count). The molecule has 1 saturated heterocycles. The van der Waals surface area contributed by atoms with Gasteiger partial charge >= 0.3 is 0 Å². The second-order valence-corrected chi connectivity index (χ2v) is 8.97. The molecule has 3 atom stereocenters. The number of ether oxygens (including phenoxy) is 1. The van der Waals surface area contributed by atoms with Crippen LogP contribution < -0.4 is 0 Å². The highest BCUT2D eigenvalue weighted by atomic mass is 127. The maximum absolute atomic E-state index is 6.62. The zero-order valence-corrected chi connectivity index (χ0v) is 16.3. The van der Waals surface area contributed by atoms with E-state index in [4.69, 9.17) is 4.74 Å². The van der Waals surface area contributed by atoms with E-state index in [1.54, 1.807) is 0 Å². The number of piperidine rings is 1. The van der Waals surface area contributed by atoms with Crippen molar-refractivity contribution in [2.75, 3.05) is 26.2 Å². The second kappa shape index (κ2) is 6.64. The van der Waals surface area contributed by atoms with E-state index in [2.05, 4.69) is 58.7 Å². The Hall–Kier alpha value is -0.130. The van der Waals surface area contributed by atoms with Crippen molar-refractivity contribution in [3.63, 3.8) is 0 Å². The van der Waals surface area contributed by atoms with Crippen LogP contribution in [0, 0.1) is 21.3 Å². The normalized spacial score (nSPS) is 34.5. The molecule has 0 unspecified atom stereocenters. The van der Waals surface area contributed by atoms with Crippen molar-refractivity contribution in [2.24, 2.45) is 17.8 Å². The highest BCUT2D eigenvalue weighted by Gasteiger charge is 2.53. The molecule has 2 saturated carbocycles. The van der Waals surface area contributed by atoms with Crippen LogP contribution in [0.25, 0.3) is 0 Å². The number of fused-ring (bicyclic) bond motifs is 2. The van der Waals surface area contributed by atoms with Gasteiger partial charge in [-0.1, -0.05) is 18.6 Å². The van der Waals surface area contributed by atoms with Crippen LogP contribution in [0.15, 0.2) is 24.3 Å². The van der Waals surface area contributed by atoms with Gasteiger partial charge < -0.3 is 9.64 Å². The van der Waals surface area contributed by atoms with Crippen LogP contribution in [0.2, 0.25) is 0 Å². The highest BCUT2D eigenvalue weighted by molar-refractivity contribution is 14.1. The fourth-order valence-corrected chi connectivity index (χ4v) is 5.64. The van der Waals surface area contributed by atoms with Gasteiger partial charge in [-0.3, -0.25) is 0 Å². The first-order chi connectivity index (χ1) is 11.2. The predicted octanol–water partition coefficient (Wildman–Crippen LogP) is 4.66. The van der Waals surface area contributed by atoms with Crippen molar-refractivity contribution >= 4 is 22.6 Å². The van der Waals surface area contributed by atoms with Crippen LogP contribution in [0.5, 0.6) is 0 Å². The Balaban J connectivity index is 1.67. The number of benzene rings is 1. The maximum atomic E-state index is 6.62. The standard InChI is InChI=1S/C20H28INO/c1-2-23-20(16-5-4-8-19(21)11-16)17-6-3-7-18(20)14-22(13-17)12-15-9-10-15/h4-5,8,11,15,17-18H,2-3,6-7,9-10,12-14H2,1H3/t17-,18+,20-. The minimum Gasteiger partial charge on any atom is -0.370 e. The van der Waals surface area contributed by atoms with E-state index < -0.39 is 0 Å². The molecule has 1 heterocycles. The Labute approximate surface area is 154 Å². The number of nitrogens with zero attached hydrogens (tertiary/aromatic N) is 1. The van der Waals surface area contributed by atoms with Crippen LogP contribution in [-0.4, -0.2) is 31.1 Å². The van der Waals surface area contributed by atoms with Crippen molar-refractivity contribution in [1.29, 1.82) is 0 Å². The van der Waals surface area contributed by atoms with E-state index in [-0.39, 0.29) is 5.60 Å². The molecule has 1 aromatic carbocycles. The Morgan fingerprint density at radius 2 is 1.91 bits per heavy atom. The van der Waals surface area contributed by atoms with E-state index in [1.165, 1.54) is 60.9 Å². The van der Waals surface area contributed by atoms with Crippen molar-refractivity contribution in [3.05, 3.63) is 33.4 Å². The molecule has 0 spiro atoms. The molecule has 0 N–H and O–H groups in total. The topological polar surface area (TPSA) is 12.5 Å². The molecule has 2 aliphatic carbocycles. The molecule has 126 valence electrons. The summed E-state index contributed by atoms with van der Waals surface area (Å²) in [6.07, 6.45) is 6.94. The average Bonchev–Trinajstić information content (AvgIpc) is 3.32. The quantitative estimate of drug-likeness (QED) is 0.636. The molecular weight excluding hydrogens is 397 g/mol. The molecule has 23 heavy (non-hydrogen) atoms. The van der Waals surface area contributed by atoms with Gasteiger partial charge in [0, 0.05) is 41.6 Å². The van der Waals surface area contributed by atoms with Gasteiger partial charge in [-0.05, 0) is 78.8 Å². The molecule has 3 fully saturated rings. The summed E-state index contributed by atoms with van der Waals surface area (Å²) in [7, 11) is 0. The van der Waals surface area contributed by atoms with E-state index >= 15 is 0 Å². The number of hydrogen-bond donors (Lipinski definition) is 0. The van der Waals surface area contributed by atoms with Crippen molar-refractivity contribution < 1.29 is 4.74 Å². The summed E-state index contributed by atoms with van der Waals surface area (Å²) in [6.45, 7) is 6.79. The smallest absolute Gasteiger partial charge is 0.101 e. The molecule has 0 aromatic heterocycles. The Morgan fingerprint density at radius 3 is 2.52 bits per heavy atom. The molecule has 1 aromatic rings. The van der Waals surface area contributed by atoms with E-state index in [0.717, 1.165) is 12.5 Å². The Bertz CT molecular complexity index is 542. The largest absolute Gasteiger partial charge is 0.370 e. The second-order valence-electron chi connectivity index (χ2n) is 7.72. The minimum absolute atomic E-state index is 0.0335. The summed E-state index contributed by atoms with van der Waals surface area (Å²) >= 11 is 2.44. The molecule has 2 nitrogen and oxygen atoms in total. The first kappa shape index (κ1) is 16.3. The van der Waals surface area contributed by atoms with Gasteiger partial charge in [0.1, 0.15) is 5.60 Å². The number of halogens is 1. The van der Waals surface area contributed by atoms with Crippen LogP contribution in [0.4, 0.5) is 0 Å². The molecule has 3 heteroatoms. The first-order valence-corrected chi connectivity index (χ1v) is 10.4. The lowest BCUT2D eigenvalue weighted by atomic mass is 9.62. The molecule has 2 bridgehead atoms. The lowest BCUT2D eigenvalue weighted by molar-refractivity contribution is -0.183. The maximum Gasteiger partial charge on any atom is 0.101 e. The van der Waals surface area contributed by atoms with Gasteiger partial charge in [-0.2, -0.15) is 0 Å². The lowest BCUT2D eigenvalue weighted by Crippen LogP contribution is -2.59.